The van der Waals surface area contributed by atoms with Crippen LogP contribution in [0.15, 0.2) is 12.2 Å². The van der Waals surface area contributed by atoms with Gasteiger partial charge in [0.1, 0.15) is 23.2 Å². The van der Waals surface area contributed by atoms with Gasteiger partial charge in [0.15, 0.2) is 0 Å². The molecule has 45 heavy (non-hydrogen) atoms. The zero-order valence-electron chi connectivity index (χ0n) is 26.2. The molecule has 2 saturated heterocycles. The maximum Gasteiger partial charge on any atom is 0.408 e. The summed E-state index contributed by atoms with van der Waals surface area (Å²) in [5.41, 5.74) is 7.66. The standard InChI is InChI=1S/C30H47Cl2N7O6/c1-29(2,3)45-28(44)33-22-10-8-6-4-5-7-9-17-15-30(17,27(42)43)34-25(40)23-14-19(16-38(23)26(22)41)39-36-24(35-37-39)20-12-11-18(31)13-21(20)32/h7,9,17-24,35-37H,4-6,8,10-16H2,1-3H3,(H,33,44)(H,34,40)(H,42,43)/b9-7-/t17-,18?,19-,20?,21?,22+,23+,24?,30-/m1/s1. The molecule has 3 heterocycles. The number of ether oxygens (including phenoxy) is 1. The quantitative estimate of drug-likeness (QED) is 0.193. The van der Waals surface area contributed by atoms with Crippen LogP contribution in [0, 0.1) is 11.8 Å². The number of carboxylic acid groups (broad SMARTS) is 1. The zero-order valence-corrected chi connectivity index (χ0v) is 27.7. The van der Waals surface area contributed by atoms with Gasteiger partial charge in [-0.15, -0.1) is 23.2 Å². The first-order valence-electron chi connectivity index (χ1n) is 16.1. The smallest absolute Gasteiger partial charge is 0.408 e. The van der Waals surface area contributed by atoms with Gasteiger partial charge in [-0.3, -0.25) is 9.59 Å². The summed E-state index contributed by atoms with van der Waals surface area (Å²) < 4.78 is 5.46. The second kappa shape index (κ2) is 13.9. The van der Waals surface area contributed by atoms with Crippen molar-refractivity contribution in [1.29, 1.82) is 0 Å². The van der Waals surface area contributed by atoms with E-state index in [0.29, 0.717) is 25.7 Å². The predicted octanol–water partition coefficient (Wildman–Crippen LogP) is 2.50. The summed E-state index contributed by atoms with van der Waals surface area (Å²) in [5.74, 6) is -2.23. The number of nitrogens with one attached hydrogen (secondary N) is 5. The van der Waals surface area contributed by atoms with Crippen molar-refractivity contribution in [1.82, 2.24) is 37.0 Å². The second-order valence-corrected chi connectivity index (χ2v) is 15.2. The van der Waals surface area contributed by atoms with Crippen molar-refractivity contribution >= 4 is 47.1 Å². The first-order valence-corrected chi connectivity index (χ1v) is 17.0. The largest absolute Gasteiger partial charge is 0.479 e. The molecular formula is C30H47Cl2N7O6. The van der Waals surface area contributed by atoms with E-state index in [1.54, 1.807) is 25.9 Å². The lowest BCUT2D eigenvalue weighted by molar-refractivity contribution is -0.145. The summed E-state index contributed by atoms with van der Waals surface area (Å²) in [4.78, 5) is 54.7. The molecule has 0 aromatic rings. The number of carbonyl (C=O) groups is 4. The molecule has 5 rings (SSSR count). The van der Waals surface area contributed by atoms with Crippen LogP contribution >= 0.6 is 23.2 Å². The highest BCUT2D eigenvalue weighted by Crippen LogP contribution is 2.45. The SMILES string of the molecule is CC(C)(C)OC(=O)N[C@H]1CCCCC/C=C\[C@@H]2C[C@@]2(C(=O)O)NC(=O)[C@@H]2C[C@@H](N3NNC(C4CCC(Cl)CC4Cl)N3)CN2C1=O. The van der Waals surface area contributed by atoms with Gasteiger partial charge in [0.25, 0.3) is 0 Å². The molecule has 3 amide bonds. The molecule has 2 aliphatic carbocycles. The first kappa shape index (κ1) is 34.2. The van der Waals surface area contributed by atoms with Crippen LogP contribution in [0.2, 0.25) is 0 Å². The second-order valence-electron chi connectivity index (χ2n) is 14.1. The molecule has 15 heteroatoms. The van der Waals surface area contributed by atoms with E-state index in [4.69, 9.17) is 27.9 Å². The number of fused-ring (bicyclic) bond motifs is 2. The Labute approximate surface area is 274 Å². The van der Waals surface area contributed by atoms with Crippen LogP contribution in [-0.2, 0) is 19.1 Å². The molecule has 4 unspecified atom stereocenters. The Morgan fingerprint density at radius 2 is 1.89 bits per heavy atom. The minimum absolute atomic E-state index is 0.0507. The lowest BCUT2D eigenvalue weighted by atomic mass is 9.86. The molecule has 0 spiro atoms. The average Bonchev–Trinajstić information content (AvgIpc) is 3.26. The summed E-state index contributed by atoms with van der Waals surface area (Å²) in [6, 6.07) is -2.21. The van der Waals surface area contributed by atoms with E-state index >= 15 is 0 Å². The summed E-state index contributed by atoms with van der Waals surface area (Å²) in [5, 5.41) is 17.4. The molecule has 2 saturated carbocycles. The van der Waals surface area contributed by atoms with Gasteiger partial charge in [-0.05, 0) is 72.1 Å². The number of alkyl halides is 2. The monoisotopic (exact) mass is 671 g/mol. The number of halogens is 2. The Bertz CT molecular complexity index is 1170. The minimum atomic E-state index is -1.40. The maximum atomic E-state index is 14.2. The van der Waals surface area contributed by atoms with E-state index < -0.39 is 47.1 Å². The summed E-state index contributed by atoms with van der Waals surface area (Å²) in [6.07, 6.45) is 9.39. The molecule has 0 bridgehead atoms. The number of aliphatic carboxylic acids is 1. The maximum absolute atomic E-state index is 14.2. The lowest BCUT2D eigenvalue weighted by Crippen LogP contribution is -2.56. The van der Waals surface area contributed by atoms with E-state index in [1.807, 2.05) is 12.2 Å². The van der Waals surface area contributed by atoms with Gasteiger partial charge < -0.3 is 25.4 Å². The molecule has 6 N–H and O–H groups in total. The third-order valence-electron chi connectivity index (χ3n) is 9.50. The van der Waals surface area contributed by atoms with Gasteiger partial charge in [0, 0.05) is 29.1 Å². The normalized spacial score (nSPS) is 39.1. The van der Waals surface area contributed by atoms with Gasteiger partial charge in [-0.1, -0.05) is 25.0 Å². The number of hydrogen-bond donors (Lipinski definition) is 6. The molecule has 4 fully saturated rings. The molecule has 0 aromatic heterocycles. The van der Waals surface area contributed by atoms with Crippen LogP contribution < -0.4 is 27.0 Å². The predicted molar refractivity (Wildman–Crippen MR) is 168 cm³/mol. The third-order valence-corrected chi connectivity index (χ3v) is 10.4. The third kappa shape index (κ3) is 8.05. The Hall–Kier alpha value is -2.16. The number of nitrogens with zero attached hydrogens (tertiary/aromatic N) is 2. The van der Waals surface area contributed by atoms with Crippen LogP contribution in [0.3, 0.4) is 0 Å². The number of hydrazine groups is 3. The fourth-order valence-electron chi connectivity index (χ4n) is 6.93. The summed E-state index contributed by atoms with van der Waals surface area (Å²) >= 11 is 13.0. The number of carbonyl (C=O) groups excluding carboxylic acids is 3. The van der Waals surface area contributed by atoms with E-state index in [2.05, 4.69) is 27.0 Å². The van der Waals surface area contributed by atoms with Crippen LogP contribution in [0.5, 0.6) is 0 Å². The van der Waals surface area contributed by atoms with E-state index in [-0.39, 0.29) is 47.8 Å². The number of hydrogen-bond acceptors (Lipinski definition) is 9. The van der Waals surface area contributed by atoms with Crippen LogP contribution in [-0.4, -0.2) is 91.7 Å². The van der Waals surface area contributed by atoms with Gasteiger partial charge in [-0.2, -0.15) is 10.7 Å². The van der Waals surface area contributed by atoms with Gasteiger partial charge in [0.2, 0.25) is 11.8 Å². The molecule has 0 radical (unpaired) electrons. The molecule has 13 nitrogen and oxygen atoms in total. The van der Waals surface area contributed by atoms with Crippen LogP contribution in [0.1, 0.15) is 85.0 Å². The number of rotatable bonds is 4. The molecule has 0 aromatic carbocycles. The van der Waals surface area contributed by atoms with E-state index in [1.165, 1.54) is 4.90 Å². The zero-order chi connectivity index (χ0) is 32.5. The lowest BCUT2D eigenvalue weighted by Gasteiger charge is -2.33. The summed E-state index contributed by atoms with van der Waals surface area (Å²) in [6.45, 7) is 5.41. The van der Waals surface area contributed by atoms with Crippen molar-refractivity contribution in [2.75, 3.05) is 6.54 Å². The van der Waals surface area contributed by atoms with Crippen molar-refractivity contribution in [2.45, 2.75) is 131 Å². The Morgan fingerprint density at radius 3 is 2.60 bits per heavy atom. The van der Waals surface area contributed by atoms with Crippen molar-refractivity contribution in [3.63, 3.8) is 0 Å². The highest BCUT2D eigenvalue weighted by atomic mass is 35.5. The molecule has 252 valence electrons. The van der Waals surface area contributed by atoms with Gasteiger partial charge >= 0.3 is 12.1 Å². The van der Waals surface area contributed by atoms with Gasteiger partial charge in [0.05, 0.1) is 12.2 Å². The fourth-order valence-corrected chi connectivity index (χ4v) is 7.83. The average molecular weight is 673 g/mol. The van der Waals surface area contributed by atoms with Crippen molar-refractivity contribution < 1.29 is 29.0 Å². The minimum Gasteiger partial charge on any atom is -0.479 e. The summed E-state index contributed by atoms with van der Waals surface area (Å²) in [7, 11) is 0. The van der Waals surface area contributed by atoms with Crippen LogP contribution in [0.4, 0.5) is 4.79 Å². The molecule has 3 aliphatic heterocycles. The highest BCUT2D eigenvalue weighted by Gasteiger charge is 2.61. The molecule has 5 aliphatic rings. The number of allylic oxidation sites excluding steroid dienone is 1. The fraction of sp³-hybridized carbons (Fsp3) is 0.800. The van der Waals surface area contributed by atoms with Crippen molar-refractivity contribution in [3.8, 4) is 0 Å². The number of alkyl carbamates (subject to hydrolysis) is 1. The number of amides is 3. The molecular weight excluding hydrogens is 625 g/mol. The van der Waals surface area contributed by atoms with Gasteiger partial charge in [-0.25, -0.2) is 20.4 Å². The number of carboxylic acids is 1. The Morgan fingerprint density at radius 1 is 1.11 bits per heavy atom. The first-order chi connectivity index (χ1) is 21.3. The molecule has 9 atom stereocenters. The van der Waals surface area contributed by atoms with Crippen molar-refractivity contribution in [3.05, 3.63) is 12.2 Å². The van der Waals surface area contributed by atoms with Crippen LogP contribution in [0.25, 0.3) is 0 Å². The Balaban J connectivity index is 1.37. The van der Waals surface area contributed by atoms with E-state index in [9.17, 15) is 24.3 Å². The van der Waals surface area contributed by atoms with Crippen molar-refractivity contribution in [2.24, 2.45) is 11.8 Å². The topological polar surface area (TPSA) is 164 Å². The van der Waals surface area contributed by atoms with E-state index in [0.717, 1.165) is 32.1 Å². The highest BCUT2D eigenvalue weighted by molar-refractivity contribution is 6.24. The Kier molecular flexibility index (Phi) is 10.6.